The highest BCUT2D eigenvalue weighted by Crippen LogP contribution is 2.35. The molecule has 3 nitrogen and oxygen atoms in total. The van der Waals surface area contributed by atoms with E-state index in [0.717, 1.165) is 12.8 Å². The van der Waals surface area contributed by atoms with Crippen LogP contribution in [0.5, 0.6) is 0 Å². The summed E-state index contributed by atoms with van der Waals surface area (Å²) in [7, 11) is 1.38. The lowest BCUT2D eigenvalue weighted by atomic mass is 10.1. The fraction of sp³-hybridized carbons (Fsp3) is 0.750. The third-order valence-electron chi connectivity index (χ3n) is 1.99. The summed E-state index contributed by atoms with van der Waals surface area (Å²) in [5, 5.41) is 2.32. The van der Waals surface area contributed by atoms with E-state index in [9.17, 15) is 4.79 Å². The summed E-state index contributed by atoms with van der Waals surface area (Å²) in [6.45, 7) is 0. The predicted molar refractivity (Wildman–Crippen MR) is 48.2 cm³/mol. The van der Waals surface area contributed by atoms with Crippen molar-refractivity contribution in [2.75, 3.05) is 7.11 Å². The molecule has 1 atom stereocenters. The lowest BCUT2D eigenvalue weighted by Crippen LogP contribution is -2.14. The quantitative estimate of drug-likeness (QED) is 0.378. The Morgan fingerprint density at radius 1 is 1.83 bits per heavy atom. The molecular formula is C8H11NO2S. The van der Waals surface area contributed by atoms with Crippen LogP contribution in [0, 0.1) is 5.92 Å². The van der Waals surface area contributed by atoms with E-state index < -0.39 is 0 Å². The lowest BCUT2D eigenvalue weighted by molar-refractivity contribution is -0.141. The first-order valence-corrected chi connectivity index (χ1v) is 4.32. The molecule has 0 aromatic rings. The number of thiocarbonyl (C=S) groups is 1. The number of nitrogens with zero attached hydrogens (tertiary/aromatic N) is 1. The van der Waals surface area contributed by atoms with Gasteiger partial charge in [0, 0.05) is 0 Å². The molecule has 1 aliphatic carbocycles. The molecule has 0 N–H and O–H groups in total. The molecule has 66 valence electrons. The number of aliphatic imine (C=N–C) groups is 1. The number of methoxy groups -OCH3 is 1. The van der Waals surface area contributed by atoms with Gasteiger partial charge in [-0.25, -0.2) is 4.99 Å². The number of hydrogen-bond donors (Lipinski definition) is 0. The van der Waals surface area contributed by atoms with Crippen LogP contribution < -0.4 is 0 Å². The van der Waals surface area contributed by atoms with Crippen LogP contribution >= 0.6 is 12.2 Å². The van der Waals surface area contributed by atoms with Gasteiger partial charge in [-0.3, -0.25) is 4.79 Å². The molecule has 0 aliphatic heterocycles. The monoisotopic (exact) mass is 185 g/mol. The Morgan fingerprint density at radius 2 is 2.50 bits per heavy atom. The van der Waals surface area contributed by atoms with Crippen molar-refractivity contribution >= 4 is 23.3 Å². The number of ether oxygens (including phenoxy) is 1. The van der Waals surface area contributed by atoms with Gasteiger partial charge in [0.15, 0.2) is 0 Å². The Labute approximate surface area is 76.8 Å². The Kier molecular flexibility index (Phi) is 3.38. The third kappa shape index (κ3) is 2.72. The van der Waals surface area contributed by atoms with E-state index in [4.69, 9.17) is 0 Å². The highest BCUT2D eigenvalue weighted by Gasteiger charge is 2.32. The van der Waals surface area contributed by atoms with Gasteiger partial charge in [-0.05, 0) is 31.0 Å². The van der Waals surface area contributed by atoms with Gasteiger partial charge in [0.2, 0.25) is 0 Å². The lowest BCUT2D eigenvalue weighted by Gasteiger charge is -2.06. The zero-order valence-corrected chi connectivity index (χ0v) is 7.76. The maximum Gasteiger partial charge on any atom is 0.307 e. The second-order valence-electron chi connectivity index (χ2n) is 2.91. The van der Waals surface area contributed by atoms with E-state index in [0.29, 0.717) is 12.3 Å². The van der Waals surface area contributed by atoms with Gasteiger partial charge in [0.25, 0.3) is 0 Å². The molecule has 0 saturated heterocycles. The summed E-state index contributed by atoms with van der Waals surface area (Å²) in [4.78, 5) is 14.8. The Balaban J connectivity index is 2.42. The number of esters is 1. The normalized spacial score (nSPS) is 17.8. The van der Waals surface area contributed by atoms with Crippen LogP contribution in [0.3, 0.4) is 0 Å². The summed E-state index contributed by atoms with van der Waals surface area (Å²) in [5.74, 6) is 0.306. The van der Waals surface area contributed by atoms with E-state index in [2.05, 4.69) is 27.1 Å². The zero-order valence-electron chi connectivity index (χ0n) is 6.95. The maximum absolute atomic E-state index is 10.9. The minimum Gasteiger partial charge on any atom is -0.469 e. The van der Waals surface area contributed by atoms with E-state index in [1.165, 1.54) is 7.11 Å². The van der Waals surface area contributed by atoms with E-state index in [-0.39, 0.29) is 12.0 Å². The van der Waals surface area contributed by atoms with Gasteiger partial charge >= 0.3 is 5.97 Å². The number of isothiocyanates is 1. The van der Waals surface area contributed by atoms with Crippen molar-refractivity contribution in [3.05, 3.63) is 0 Å². The van der Waals surface area contributed by atoms with Crippen LogP contribution in [0.2, 0.25) is 0 Å². The Hall–Kier alpha value is -0.730. The molecule has 0 amide bonds. The molecular weight excluding hydrogens is 174 g/mol. The fourth-order valence-corrected chi connectivity index (χ4v) is 1.26. The maximum atomic E-state index is 10.9. The summed E-state index contributed by atoms with van der Waals surface area (Å²) in [6, 6.07) is 0.00921. The van der Waals surface area contributed by atoms with Gasteiger partial charge in [-0.1, -0.05) is 0 Å². The van der Waals surface area contributed by atoms with Crippen molar-refractivity contribution in [2.45, 2.75) is 25.3 Å². The van der Waals surface area contributed by atoms with Gasteiger partial charge in [-0.2, -0.15) is 0 Å². The largest absolute Gasteiger partial charge is 0.469 e. The summed E-state index contributed by atoms with van der Waals surface area (Å²) < 4.78 is 4.54. The first kappa shape index (κ1) is 9.36. The van der Waals surface area contributed by atoms with Crippen molar-refractivity contribution in [3.8, 4) is 0 Å². The van der Waals surface area contributed by atoms with Crippen molar-refractivity contribution in [3.63, 3.8) is 0 Å². The second-order valence-corrected chi connectivity index (χ2v) is 3.09. The highest BCUT2D eigenvalue weighted by molar-refractivity contribution is 7.78. The zero-order chi connectivity index (χ0) is 8.97. The predicted octanol–water partition coefficient (Wildman–Crippen LogP) is 1.43. The fourth-order valence-electron chi connectivity index (χ4n) is 1.12. The number of carbonyl (C=O) groups excluding carboxylic acids is 1. The van der Waals surface area contributed by atoms with Crippen LogP contribution in [0.15, 0.2) is 4.99 Å². The Morgan fingerprint density at radius 3 is 2.92 bits per heavy atom. The molecule has 1 rings (SSSR count). The SMILES string of the molecule is COC(=O)CC(N=C=S)C1CC1. The molecule has 0 aromatic heterocycles. The third-order valence-corrected chi connectivity index (χ3v) is 2.09. The van der Waals surface area contributed by atoms with Crippen LogP contribution in [0.25, 0.3) is 0 Å². The van der Waals surface area contributed by atoms with Crippen LogP contribution in [-0.4, -0.2) is 24.3 Å². The molecule has 0 aromatic carbocycles. The number of hydrogen-bond acceptors (Lipinski definition) is 4. The topological polar surface area (TPSA) is 38.7 Å². The van der Waals surface area contributed by atoms with Crippen molar-refractivity contribution in [1.29, 1.82) is 0 Å². The van der Waals surface area contributed by atoms with Gasteiger partial charge in [0.05, 0.1) is 24.7 Å². The van der Waals surface area contributed by atoms with Gasteiger partial charge in [-0.15, -0.1) is 0 Å². The second kappa shape index (κ2) is 4.33. The summed E-state index contributed by atoms with van der Waals surface area (Å²) in [5.41, 5.74) is 0. The average molecular weight is 185 g/mol. The van der Waals surface area contributed by atoms with E-state index >= 15 is 0 Å². The number of carbonyl (C=O) groups is 1. The minimum absolute atomic E-state index is 0.00921. The molecule has 1 fully saturated rings. The molecule has 1 unspecified atom stereocenters. The van der Waals surface area contributed by atoms with Gasteiger partial charge < -0.3 is 4.74 Å². The molecule has 0 radical (unpaired) electrons. The van der Waals surface area contributed by atoms with Crippen molar-refractivity contribution < 1.29 is 9.53 Å². The molecule has 0 spiro atoms. The summed E-state index contributed by atoms with van der Waals surface area (Å²) >= 11 is 4.50. The van der Waals surface area contributed by atoms with Crippen LogP contribution in [0.1, 0.15) is 19.3 Å². The molecule has 4 heteroatoms. The molecule has 1 saturated carbocycles. The minimum atomic E-state index is -0.221. The molecule has 12 heavy (non-hydrogen) atoms. The van der Waals surface area contributed by atoms with Crippen molar-refractivity contribution in [1.82, 2.24) is 0 Å². The highest BCUT2D eigenvalue weighted by atomic mass is 32.1. The first-order chi connectivity index (χ1) is 5.77. The molecule has 0 bridgehead atoms. The summed E-state index contributed by atoms with van der Waals surface area (Å²) in [6.07, 6.45) is 2.62. The average Bonchev–Trinajstić information content (AvgIpc) is 2.86. The van der Waals surface area contributed by atoms with Crippen LogP contribution in [-0.2, 0) is 9.53 Å². The van der Waals surface area contributed by atoms with E-state index in [1.807, 2.05) is 0 Å². The first-order valence-electron chi connectivity index (χ1n) is 3.91. The van der Waals surface area contributed by atoms with Gasteiger partial charge in [0.1, 0.15) is 0 Å². The smallest absolute Gasteiger partial charge is 0.307 e. The Bertz CT molecular complexity index is 219. The standard InChI is InChI=1S/C8H11NO2S/c1-11-8(10)4-7(9-5-12)6-2-3-6/h6-7H,2-4H2,1H3. The molecule has 1 aliphatic rings. The van der Waals surface area contributed by atoms with E-state index in [1.54, 1.807) is 0 Å². The van der Waals surface area contributed by atoms with Crippen molar-refractivity contribution in [2.24, 2.45) is 10.9 Å². The van der Waals surface area contributed by atoms with Crippen LogP contribution in [0.4, 0.5) is 0 Å². The molecule has 0 heterocycles. The number of rotatable bonds is 4.